The van der Waals surface area contributed by atoms with E-state index in [0.717, 1.165) is 0 Å². The molecule has 2 rings (SSSR count). The Bertz CT molecular complexity index is 524. The van der Waals surface area contributed by atoms with Crippen molar-refractivity contribution >= 4 is 0 Å². The standard InChI is InChI=1S/C13H16FN3O/c1-8(2)12(15)13-16-11(17-18-13)7-9-5-3-4-6-10(9)14/h3-6,8,12H,7,15H2,1-2H3/t12-/m1/s1. The molecular weight excluding hydrogens is 233 g/mol. The number of rotatable bonds is 4. The maximum Gasteiger partial charge on any atom is 0.243 e. The van der Waals surface area contributed by atoms with Gasteiger partial charge in [0.25, 0.3) is 0 Å². The molecule has 1 aromatic carbocycles. The Balaban J connectivity index is 2.14. The van der Waals surface area contributed by atoms with Crippen molar-refractivity contribution in [2.24, 2.45) is 11.7 Å². The zero-order valence-electron chi connectivity index (χ0n) is 10.4. The summed E-state index contributed by atoms with van der Waals surface area (Å²) in [4.78, 5) is 4.20. The molecule has 96 valence electrons. The average molecular weight is 249 g/mol. The van der Waals surface area contributed by atoms with E-state index in [4.69, 9.17) is 10.3 Å². The Hall–Kier alpha value is -1.75. The van der Waals surface area contributed by atoms with Crippen molar-refractivity contribution in [3.63, 3.8) is 0 Å². The number of hydrogen-bond acceptors (Lipinski definition) is 4. The first-order chi connectivity index (χ1) is 8.58. The molecule has 4 nitrogen and oxygen atoms in total. The average Bonchev–Trinajstić information content (AvgIpc) is 2.79. The van der Waals surface area contributed by atoms with Gasteiger partial charge in [0.2, 0.25) is 5.89 Å². The number of nitrogens with zero attached hydrogens (tertiary/aromatic N) is 2. The quantitative estimate of drug-likeness (QED) is 0.904. The Morgan fingerprint density at radius 3 is 2.72 bits per heavy atom. The van der Waals surface area contributed by atoms with Crippen molar-refractivity contribution in [1.82, 2.24) is 10.1 Å². The van der Waals surface area contributed by atoms with Crippen LogP contribution < -0.4 is 5.73 Å². The summed E-state index contributed by atoms with van der Waals surface area (Å²) in [5, 5.41) is 3.82. The fraction of sp³-hybridized carbons (Fsp3) is 0.385. The molecule has 0 unspecified atom stereocenters. The minimum Gasteiger partial charge on any atom is -0.338 e. The Labute approximate surface area is 105 Å². The largest absolute Gasteiger partial charge is 0.338 e. The molecule has 0 radical (unpaired) electrons. The van der Waals surface area contributed by atoms with Crippen LogP contribution in [0.2, 0.25) is 0 Å². The molecular formula is C13H16FN3O. The van der Waals surface area contributed by atoms with Gasteiger partial charge in [0, 0.05) is 6.42 Å². The van der Waals surface area contributed by atoms with Crippen LogP contribution in [0.5, 0.6) is 0 Å². The van der Waals surface area contributed by atoms with Gasteiger partial charge in [0.15, 0.2) is 5.82 Å². The van der Waals surface area contributed by atoms with Crippen LogP contribution in [-0.4, -0.2) is 10.1 Å². The highest BCUT2D eigenvalue weighted by atomic mass is 19.1. The summed E-state index contributed by atoms with van der Waals surface area (Å²) in [6, 6.07) is 6.25. The van der Waals surface area contributed by atoms with Gasteiger partial charge in [-0.15, -0.1) is 0 Å². The second-order valence-electron chi connectivity index (χ2n) is 4.59. The molecule has 0 saturated heterocycles. The highest BCUT2D eigenvalue weighted by molar-refractivity contribution is 5.20. The lowest BCUT2D eigenvalue weighted by Crippen LogP contribution is -2.17. The van der Waals surface area contributed by atoms with Gasteiger partial charge in [-0.05, 0) is 17.5 Å². The monoisotopic (exact) mass is 249 g/mol. The van der Waals surface area contributed by atoms with Crippen LogP contribution in [0.4, 0.5) is 4.39 Å². The second-order valence-corrected chi connectivity index (χ2v) is 4.59. The van der Waals surface area contributed by atoms with E-state index in [1.54, 1.807) is 18.2 Å². The van der Waals surface area contributed by atoms with E-state index in [1.807, 2.05) is 13.8 Å². The molecule has 0 saturated carbocycles. The van der Waals surface area contributed by atoms with E-state index in [2.05, 4.69) is 10.1 Å². The van der Waals surface area contributed by atoms with Gasteiger partial charge in [0.1, 0.15) is 5.82 Å². The van der Waals surface area contributed by atoms with Gasteiger partial charge in [-0.3, -0.25) is 0 Å². The van der Waals surface area contributed by atoms with Gasteiger partial charge in [-0.25, -0.2) is 4.39 Å². The van der Waals surface area contributed by atoms with E-state index >= 15 is 0 Å². The molecule has 0 aliphatic rings. The highest BCUT2D eigenvalue weighted by Crippen LogP contribution is 2.18. The Morgan fingerprint density at radius 1 is 1.33 bits per heavy atom. The normalized spacial score (nSPS) is 12.9. The van der Waals surface area contributed by atoms with Crippen molar-refractivity contribution in [1.29, 1.82) is 0 Å². The minimum atomic E-state index is -0.285. The maximum atomic E-state index is 13.5. The lowest BCUT2D eigenvalue weighted by molar-refractivity contribution is 0.322. The third-order valence-corrected chi connectivity index (χ3v) is 2.79. The summed E-state index contributed by atoms with van der Waals surface area (Å²) < 4.78 is 18.5. The SMILES string of the molecule is CC(C)[C@@H](N)c1nc(Cc2ccccc2F)no1. The number of benzene rings is 1. The first-order valence-electron chi connectivity index (χ1n) is 5.89. The van der Waals surface area contributed by atoms with E-state index in [9.17, 15) is 4.39 Å². The maximum absolute atomic E-state index is 13.5. The molecule has 2 aromatic rings. The molecule has 0 amide bonds. The number of halogens is 1. The summed E-state index contributed by atoms with van der Waals surface area (Å²) in [7, 11) is 0. The number of nitrogens with two attached hydrogens (primary N) is 1. The summed E-state index contributed by atoms with van der Waals surface area (Å²) in [5.41, 5.74) is 6.45. The molecule has 1 atom stereocenters. The summed E-state index contributed by atoms with van der Waals surface area (Å²) in [6.07, 6.45) is 0.307. The molecule has 1 heterocycles. The van der Waals surface area contributed by atoms with Crippen molar-refractivity contribution < 1.29 is 8.91 Å². The van der Waals surface area contributed by atoms with Crippen LogP contribution in [0, 0.1) is 11.7 Å². The molecule has 5 heteroatoms. The lowest BCUT2D eigenvalue weighted by atomic mass is 10.1. The van der Waals surface area contributed by atoms with Crippen LogP contribution in [-0.2, 0) is 6.42 Å². The first-order valence-corrected chi connectivity index (χ1v) is 5.89. The van der Waals surface area contributed by atoms with Crippen LogP contribution in [0.15, 0.2) is 28.8 Å². The van der Waals surface area contributed by atoms with Crippen molar-refractivity contribution in [2.75, 3.05) is 0 Å². The molecule has 1 aromatic heterocycles. The number of aromatic nitrogens is 2. The number of hydrogen-bond donors (Lipinski definition) is 1. The minimum absolute atomic E-state index is 0.215. The zero-order chi connectivity index (χ0) is 13.1. The van der Waals surface area contributed by atoms with Gasteiger partial charge < -0.3 is 10.3 Å². The van der Waals surface area contributed by atoms with E-state index in [1.165, 1.54) is 6.07 Å². The topological polar surface area (TPSA) is 64.9 Å². The molecule has 0 aliphatic carbocycles. The molecule has 0 fully saturated rings. The molecule has 18 heavy (non-hydrogen) atoms. The van der Waals surface area contributed by atoms with Gasteiger partial charge in [-0.1, -0.05) is 37.2 Å². The van der Waals surface area contributed by atoms with Crippen LogP contribution in [0.25, 0.3) is 0 Å². The Morgan fingerprint density at radius 2 is 2.06 bits per heavy atom. The smallest absolute Gasteiger partial charge is 0.243 e. The predicted molar refractivity (Wildman–Crippen MR) is 65.3 cm³/mol. The molecule has 2 N–H and O–H groups in total. The third-order valence-electron chi connectivity index (χ3n) is 2.79. The fourth-order valence-corrected chi connectivity index (χ4v) is 1.57. The summed E-state index contributed by atoms with van der Waals surface area (Å²) in [5.74, 6) is 0.798. The van der Waals surface area contributed by atoms with Gasteiger partial charge in [-0.2, -0.15) is 4.98 Å². The first kappa shape index (κ1) is 12.7. The second kappa shape index (κ2) is 5.27. The molecule has 0 aliphatic heterocycles. The zero-order valence-corrected chi connectivity index (χ0v) is 10.4. The van der Waals surface area contributed by atoms with Crippen LogP contribution in [0.3, 0.4) is 0 Å². The fourth-order valence-electron chi connectivity index (χ4n) is 1.57. The summed E-state index contributed by atoms with van der Waals surface area (Å²) in [6.45, 7) is 3.96. The van der Waals surface area contributed by atoms with Gasteiger partial charge >= 0.3 is 0 Å². The Kier molecular flexibility index (Phi) is 3.72. The third kappa shape index (κ3) is 2.73. The highest BCUT2D eigenvalue weighted by Gasteiger charge is 2.18. The van der Waals surface area contributed by atoms with Crippen molar-refractivity contribution in [2.45, 2.75) is 26.3 Å². The van der Waals surface area contributed by atoms with E-state index in [0.29, 0.717) is 23.7 Å². The molecule has 0 bridgehead atoms. The van der Waals surface area contributed by atoms with Crippen LogP contribution in [0.1, 0.15) is 37.2 Å². The van der Waals surface area contributed by atoms with E-state index < -0.39 is 0 Å². The predicted octanol–water partition coefficient (Wildman–Crippen LogP) is 2.46. The van der Waals surface area contributed by atoms with E-state index in [-0.39, 0.29) is 17.8 Å². The van der Waals surface area contributed by atoms with Crippen molar-refractivity contribution in [3.05, 3.63) is 47.4 Å². The molecule has 0 spiro atoms. The van der Waals surface area contributed by atoms with Crippen LogP contribution >= 0.6 is 0 Å². The van der Waals surface area contributed by atoms with Gasteiger partial charge in [0.05, 0.1) is 6.04 Å². The summed E-state index contributed by atoms with van der Waals surface area (Å²) >= 11 is 0. The van der Waals surface area contributed by atoms with Crippen molar-refractivity contribution in [3.8, 4) is 0 Å². The lowest BCUT2D eigenvalue weighted by Gasteiger charge is -2.09.